The molecular weight excluding hydrogens is 344 g/mol. The number of rotatable bonds is 8. The Hall–Kier alpha value is -2.12. The molecule has 0 radical (unpaired) electrons. The minimum atomic E-state index is 1.21. The molecule has 0 saturated carbocycles. The number of thiophene rings is 1. The van der Waals surface area contributed by atoms with Gasteiger partial charge in [-0.05, 0) is 58.3 Å². The zero-order valence-corrected chi connectivity index (χ0v) is 17.0. The average Bonchev–Trinajstić information content (AvgIpc) is 3.12. The lowest BCUT2D eigenvalue weighted by atomic mass is 10.0. The number of unbranched alkanes of at least 4 members (excludes halogenated alkanes) is 5. The van der Waals surface area contributed by atoms with E-state index in [1.807, 2.05) is 11.3 Å². The van der Waals surface area contributed by atoms with E-state index in [9.17, 15) is 0 Å². The van der Waals surface area contributed by atoms with Crippen LogP contribution in [0.2, 0.25) is 0 Å². The fourth-order valence-electron chi connectivity index (χ4n) is 3.81. The molecule has 0 fully saturated rings. The van der Waals surface area contributed by atoms with Gasteiger partial charge < -0.3 is 0 Å². The van der Waals surface area contributed by atoms with E-state index < -0.39 is 0 Å². The monoisotopic (exact) mass is 372 g/mol. The highest BCUT2D eigenvalue weighted by molar-refractivity contribution is 7.22. The third-order valence-electron chi connectivity index (χ3n) is 5.44. The molecule has 0 spiro atoms. The zero-order valence-electron chi connectivity index (χ0n) is 16.2. The van der Waals surface area contributed by atoms with Crippen molar-refractivity contribution in [2.75, 3.05) is 0 Å². The van der Waals surface area contributed by atoms with Gasteiger partial charge in [0.25, 0.3) is 0 Å². The van der Waals surface area contributed by atoms with Crippen molar-refractivity contribution in [3.8, 4) is 10.4 Å². The molecule has 0 nitrogen and oxygen atoms in total. The Balaban J connectivity index is 1.44. The number of benzene rings is 3. The van der Waals surface area contributed by atoms with E-state index in [4.69, 9.17) is 0 Å². The first-order valence-electron chi connectivity index (χ1n) is 10.3. The second kappa shape index (κ2) is 8.71. The summed E-state index contributed by atoms with van der Waals surface area (Å²) in [6.07, 6.45) is 9.40. The molecule has 0 unspecified atom stereocenters. The average molecular weight is 373 g/mol. The Morgan fingerprint density at radius 3 is 2.15 bits per heavy atom. The molecule has 3 aromatic carbocycles. The summed E-state index contributed by atoms with van der Waals surface area (Å²) in [6.45, 7) is 2.28. The molecule has 0 amide bonds. The van der Waals surface area contributed by atoms with Crippen LogP contribution in [0.1, 0.15) is 51.0 Å². The van der Waals surface area contributed by atoms with E-state index in [-0.39, 0.29) is 0 Å². The highest BCUT2D eigenvalue weighted by Crippen LogP contribution is 2.35. The SMILES string of the molecule is CCCCCCCCc1ccc(-c2cc3cc4ccccc4cc3s2)cc1. The van der Waals surface area contributed by atoms with Crippen LogP contribution in [0.4, 0.5) is 0 Å². The minimum absolute atomic E-state index is 1.21. The van der Waals surface area contributed by atoms with Crippen LogP contribution in [-0.4, -0.2) is 0 Å². The Kier molecular flexibility index (Phi) is 5.89. The lowest BCUT2D eigenvalue weighted by Crippen LogP contribution is -1.86. The van der Waals surface area contributed by atoms with Crippen LogP contribution in [0, 0.1) is 0 Å². The molecule has 0 atom stereocenters. The summed E-state index contributed by atoms with van der Waals surface area (Å²) < 4.78 is 1.37. The molecule has 0 aliphatic rings. The molecule has 0 aliphatic heterocycles. The lowest BCUT2D eigenvalue weighted by Gasteiger charge is -2.03. The van der Waals surface area contributed by atoms with E-state index >= 15 is 0 Å². The number of hydrogen-bond acceptors (Lipinski definition) is 1. The van der Waals surface area contributed by atoms with Crippen molar-refractivity contribution in [1.29, 1.82) is 0 Å². The summed E-state index contributed by atoms with van der Waals surface area (Å²) in [4.78, 5) is 1.37. The third kappa shape index (κ3) is 4.42. The molecule has 0 bridgehead atoms. The second-order valence-corrected chi connectivity index (χ2v) is 8.65. The molecule has 1 aromatic heterocycles. The summed E-state index contributed by atoms with van der Waals surface area (Å²) in [7, 11) is 0. The van der Waals surface area contributed by atoms with E-state index in [1.165, 1.54) is 81.8 Å². The van der Waals surface area contributed by atoms with Crippen LogP contribution in [0.5, 0.6) is 0 Å². The molecule has 0 saturated heterocycles. The van der Waals surface area contributed by atoms with Gasteiger partial charge in [-0.1, -0.05) is 87.6 Å². The quantitative estimate of drug-likeness (QED) is 0.271. The molecule has 4 rings (SSSR count). The summed E-state index contributed by atoms with van der Waals surface area (Å²) >= 11 is 1.90. The van der Waals surface area contributed by atoms with Crippen molar-refractivity contribution in [2.24, 2.45) is 0 Å². The van der Waals surface area contributed by atoms with Crippen LogP contribution < -0.4 is 0 Å². The predicted octanol–water partition coefficient (Wildman–Crippen LogP) is 8.62. The highest BCUT2D eigenvalue weighted by atomic mass is 32.1. The van der Waals surface area contributed by atoms with Gasteiger partial charge in [-0.15, -0.1) is 11.3 Å². The standard InChI is InChI=1S/C26H28S/c1-2-3-4-5-6-7-10-20-13-15-21(16-14-20)25-19-24-17-22-11-8-9-12-23(22)18-26(24)27-25/h8-9,11-19H,2-7,10H2,1H3. The summed E-state index contributed by atoms with van der Waals surface area (Å²) in [5.74, 6) is 0. The van der Waals surface area contributed by atoms with E-state index in [0.29, 0.717) is 0 Å². The van der Waals surface area contributed by atoms with Crippen molar-refractivity contribution in [2.45, 2.75) is 51.9 Å². The zero-order chi connectivity index (χ0) is 18.5. The van der Waals surface area contributed by atoms with Gasteiger partial charge in [0.15, 0.2) is 0 Å². The van der Waals surface area contributed by atoms with Crippen LogP contribution in [0.3, 0.4) is 0 Å². The van der Waals surface area contributed by atoms with Crippen molar-refractivity contribution in [1.82, 2.24) is 0 Å². The molecule has 138 valence electrons. The Morgan fingerprint density at radius 1 is 0.667 bits per heavy atom. The summed E-state index contributed by atoms with van der Waals surface area (Å²) in [5, 5.41) is 4.00. The largest absolute Gasteiger partial charge is 0.135 e. The molecule has 1 heteroatoms. The maximum Gasteiger partial charge on any atom is 0.0355 e. The second-order valence-electron chi connectivity index (χ2n) is 7.56. The first-order chi connectivity index (χ1) is 13.3. The van der Waals surface area contributed by atoms with Gasteiger partial charge in [0.1, 0.15) is 0 Å². The van der Waals surface area contributed by atoms with E-state index in [1.54, 1.807) is 0 Å². The van der Waals surface area contributed by atoms with Crippen molar-refractivity contribution in [3.05, 3.63) is 72.3 Å². The van der Waals surface area contributed by atoms with Gasteiger partial charge in [0.2, 0.25) is 0 Å². The van der Waals surface area contributed by atoms with Crippen LogP contribution >= 0.6 is 11.3 Å². The van der Waals surface area contributed by atoms with Crippen molar-refractivity contribution >= 4 is 32.2 Å². The predicted molar refractivity (Wildman–Crippen MR) is 122 cm³/mol. The van der Waals surface area contributed by atoms with Gasteiger partial charge in [0.05, 0.1) is 0 Å². The lowest BCUT2D eigenvalue weighted by molar-refractivity contribution is 0.607. The molecule has 27 heavy (non-hydrogen) atoms. The van der Waals surface area contributed by atoms with Crippen LogP contribution in [-0.2, 0) is 6.42 Å². The highest BCUT2D eigenvalue weighted by Gasteiger charge is 2.06. The normalized spacial score (nSPS) is 11.4. The molecule has 0 aliphatic carbocycles. The van der Waals surface area contributed by atoms with Gasteiger partial charge in [-0.2, -0.15) is 0 Å². The van der Waals surface area contributed by atoms with Crippen LogP contribution in [0.15, 0.2) is 66.7 Å². The Bertz CT molecular complexity index is 955. The van der Waals surface area contributed by atoms with Gasteiger partial charge in [-0.3, -0.25) is 0 Å². The Labute approximate surface area is 166 Å². The third-order valence-corrected chi connectivity index (χ3v) is 6.59. The smallest absolute Gasteiger partial charge is 0.0355 e. The maximum atomic E-state index is 2.34. The van der Waals surface area contributed by atoms with Gasteiger partial charge in [0, 0.05) is 9.58 Å². The van der Waals surface area contributed by atoms with Crippen molar-refractivity contribution in [3.63, 3.8) is 0 Å². The topological polar surface area (TPSA) is 0 Å². The Morgan fingerprint density at radius 2 is 1.37 bits per heavy atom. The molecule has 4 aromatic rings. The molecule has 1 heterocycles. The van der Waals surface area contributed by atoms with Crippen molar-refractivity contribution < 1.29 is 0 Å². The first-order valence-corrected chi connectivity index (χ1v) is 11.2. The number of fused-ring (bicyclic) bond motifs is 2. The fourth-order valence-corrected chi connectivity index (χ4v) is 4.91. The van der Waals surface area contributed by atoms with Gasteiger partial charge in [-0.25, -0.2) is 0 Å². The van der Waals surface area contributed by atoms with Gasteiger partial charge >= 0.3 is 0 Å². The van der Waals surface area contributed by atoms with Crippen LogP contribution in [0.25, 0.3) is 31.3 Å². The first kappa shape index (κ1) is 18.3. The maximum absolute atomic E-state index is 2.34. The van der Waals surface area contributed by atoms with E-state index in [0.717, 1.165) is 0 Å². The summed E-state index contributed by atoms with van der Waals surface area (Å²) in [5.41, 5.74) is 2.81. The molecular formula is C26H28S. The minimum Gasteiger partial charge on any atom is -0.135 e. The number of aryl methyl sites for hydroxylation is 1. The summed E-state index contributed by atoms with van der Waals surface area (Å²) in [6, 6.07) is 24.9. The molecule has 0 N–H and O–H groups in total. The number of hydrogen-bond donors (Lipinski definition) is 0. The fraction of sp³-hybridized carbons (Fsp3) is 0.308. The van der Waals surface area contributed by atoms with E-state index in [2.05, 4.69) is 73.7 Å².